The van der Waals surface area contributed by atoms with E-state index in [-0.39, 0.29) is 33.9 Å². The van der Waals surface area contributed by atoms with Crippen molar-refractivity contribution in [2.45, 2.75) is 109 Å². The van der Waals surface area contributed by atoms with Crippen LogP contribution in [0.1, 0.15) is 68.5 Å². The van der Waals surface area contributed by atoms with Crippen molar-refractivity contribution < 1.29 is 27.2 Å². The second kappa shape index (κ2) is 10.6. The number of rotatable bonds is 6. The molecule has 2 aromatic rings. The van der Waals surface area contributed by atoms with E-state index in [0.717, 1.165) is 0 Å². The maximum absolute atomic E-state index is 12.3. The van der Waals surface area contributed by atoms with Crippen LogP contribution in [0.3, 0.4) is 0 Å². The maximum Gasteiger partial charge on any atom is 0.335 e. The van der Waals surface area contributed by atoms with Gasteiger partial charge in [-0.1, -0.05) is 67.0 Å². The molecule has 2 aliphatic rings. The molecule has 0 aromatic carbocycles. The van der Waals surface area contributed by atoms with Crippen LogP contribution in [0.4, 0.5) is 0 Å². The van der Waals surface area contributed by atoms with Gasteiger partial charge in [0.25, 0.3) is 0 Å². The van der Waals surface area contributed by atoms with Crippen molar-refractivity contribution >= 4 is 45.9 Å². The highest BCUT2D eigenvalue weighted by Gasteiger charge is 2.62. The lowest BCUT2D eigenvalue weighted by molar-refractivity contribution is -0.155. The van der Waals surface area contributed by atoms with Crippen molar-refractivity contribution in [1.82, 2.24) is 19.5 Å². The molecule has 2 aliphatic heterocycles. The molecule has 2 fully saturated rings. The Morgan fingerprint density at radius 2 is 1.65 bits per heavy atom. The Hall–Kier alpha value is -1.42. The van der Waals surface area contributed by atoms with Crippen LogP contribution in [-0.2, 0) is 27.2 Å². The van der Waals surface area contributed by atoms with E-state index in [1.165, 1.54) is 13.3 Å². The van der Waals surface area contributed by atoms with Crippen LogP contribution >= 0.6 is 11.6 Å². The van der Waals surface area contributed by atoms with Gasteiger partial charge >= 0.3 is 23.1 Å². The first-order valence-electron chi connectivity index (χ1n) is 13.0. The molecule has 4 atom stereocenters. The number of halogens is 1. The summed E-state index contributed by atoms with van der Waals surface area (Å²) >= 11 is 6.26. The van der Waals surface area contributed by atoms with Crippen molar-refractivity contribution in [3.63, 3.8) is 0 Å². The van der Waals surface area contributed by atoms with Crippen molar-refractivity contribution in [1.29, 1.82) is 0 Å². The van der Waals surface area contributed by atoms with Gasteiger partial charge in [-0.2, -0.15) is 0 Å². The zero-order chi connectivity index (χ0) is 27.3. The van der Waals surface area contributed by atoms with Gasteiger partial charge in [0, 0.05) is 6.92 Å². The Labute approximate surface area is 225 Å². The second-order valence-corrected chi connectivity index (χ2v) is 20.4. The summed E-state index contributed by atoms with van der Waals surface area (Å²) in [6.45, 7) is 19.0. The smallest absolute Gasteiger partial charge is 0.335 e. The number of ether oxygens (including phenoxy) is 2. The van der Waals surface area contributed by atoms with Crippen molar-refractivity contribution in [3.8, 4) is 0 Å². The Morgan fingerprint density at radius 3 is 2.22 bits per heavy atom. The molecule has 0 saturated carbocycles. The van der Waals surface area contributed by atoms with Crippen LogP contribution in [0.5, 0.6) is 0 Å². The number of hydrogen-bond acceptors (Lipinski definition) is 9. The molecule has 0 spiro atoms. The molecule has 37 heavy (non-hydrogen) atoms. The average molecular weight is 571 g/mol. The predicted molar refractivity (Wildman–Crippen MR) is 144 cm³/mol. The number of imidazole rings is 1. The molecule has 4 unspecified atom stereocenters. The molecular weight excluding hydrogens is 532 g/mol. The van der Waals surface area contributed by atoms with Gasteiger partial charge in [-0.25, -0.2) is 15.0 Å². The molecule has 0 bridgehead atoms. The van der Waals surface area contributed by atoms with Gasteiger partial charge in [0.05, 0.1) is 12.9 Å². The Kier molecular flexibility index (Phi) is 8.21. The summed E-state index contributed by atoms with van der Waals surface area (Å²) in [5.41, 5.74) is 1.58. The number of carbonyl (C=O) groups is 1. The highest BCUT2D eigenvalue weighted by Crippen LogP contribution is 2.49. The van der Waals surface area contributed by atoms with Gasteiger partial charge in [-0.3, -0.25) is 9.36 Å². The van der Waals surface area contributed by atoms with Crippen LogP contribution in [0, 0.1) is 0 Å². The third-order valence-corrected chi connectivity index (χ3v) is 18.0. The number of carbonyl (C=O) groups excluding carboxylic acids is 1. The largest absolute Gasteiger partial charge is 0.455 e. The summed E-state index contributed by atoms with van der Waals surface area (Å²) in [5, 5.41) is 0.237. The van der Waals surface area contributed by atoms with E-state index >= 15 is 0 Å². The normalized spacial score (nSPS) is 27.6. The monoisotopic (exact) mass is 570 g/mol. The lowest BCUT2D eigenvalue weighted by Gasteiger charge is -2.51. The van der Waals surface area contributed by atoms with E-state index in [2.05, 4.69) is 70.3 Å². The van der Waals surface area contributed by atoms with E-state index in [0.29, 0.717) is 11.2 Å². The summed E-state index contributed by atoms with van der Waals surface area (Å²) in [4.78, 5) is 25.1. The third-order valence-electron chi connectivity index (χ3n) is 7.51. The fourth-order valence-corrected chi connectivity index (χ4v) is 17.1. The minimum atomic E-state index is -2.94. The van der Waals surface area contributed by atoms with E-state index in [9.17, 15) is 4.79 Å². The van der Waals surface area contributed by atoms with E-state index in [4.69, 9.17) is 34.0 Å². The highest BCUT2D eigenvalue weighted by molar-refractivity contribution is 6.84. The molecule has 0 aliphatic carbocycles. The van der Waals surface area contributed by atoms with Gasteiger partial charge in [0.15, 0.2) is 23.1 Å². The number of aromatic nitrogens is 4. The number of fused-ring (bicyclic) bond motifs is 2. The quantitative estimate of drug-likeness (QED) is 0.261. The molecule has 4 heterocycles. The Morgan fingerprint density at radius 1 is 1.03 bits per heavy atom. The first kappa shape index (κ1) is 28.6. The molecule has 10 nitrogen and oxygen atoms in total. The Balaban J connectivity index is 1.84. The molecule has 4 rings (SSSR count). The summed E-state index contributed by atoms with van der Waals surface area (Å²) in [7, 11) is -5.69. The Bertz CT molecular complexity index is 1110. The highest BCUT2D eigenvalue weighted by atomic mass is 35.5. The number of nitrogens with zero attached hydrogens (tertiary/aromatic N) is 4. The second-order valence-electron chi connectivity index (χ2n) is 11.2. The third kappa shape index (κ3) is 4.90. The molecule has 0 radical (unpaired) electrons. The minimum Gasteiger partial charge on any atom is -0.455 e. The lowest BCUT2D eigenvalue weighted by Crippen LogP contribution is -2.66. The standard InChI is InChI=1S/C24H39ClN4O6Si2/c1-13(2)36(14(3)4)31-10-18-20(34-37(35-36,15(5)6)16(7)8)21(32-17(9)30)24(33-18)29-12-28-19-22(25)26-11-27-23(19)29/h11-16,18,20-21,24H,10H2,1-9H3. The zero-order valence-corrected chi connectivity index (χ0v) is 25.9. The average Bonchev–Trinajstić information content (AvgIpc) is 3.35. The lowest BCUT2D eigenvalue weighted by atomic mass is 10.1. The SMILES string of the molecule is CC(=O)OC1C2O[Si](C(C)C)(C(C)C)O[Si](C(C)C)(C(C)C)OCC2OC1n1cnc2c(Cl)ncnc21. The van der Waals surface area contributed by atoms with E-state index < -0.39 is 47.6 Å². The van der Waals surface area contributed by atoms with Crippen LogP contribution < -0.4 is 0 Å². The molecule has 0 amide bonds. The molecule has 206 valence electrons. The van der Waals surface area contributed by atoms with Crippen LogP contribution in [0.15, 0.2) is 12.7 Å². The number of hydrogen-bond donors (Lipinski definition) is 0. The summed E-state index contributed by atoms with van der Waals surface area (Å²) in [6.07, 6.45) is 0.373. The topological polar surface area (TPSA) is 107 Å². The van der Waals surface area contributed by atoms with E-state index in [1.54, 1.807) is 10.9 Å². The maximum atomic E-state index is 12.3. The minimum absolute atomic E-state index is 0.122. The van der Waals surface area contributed by atoms with Gasteiger partial charge in [-0.15, -0.1) is 0 Å². The summed E-state index contributed by atoms with van der Waals surface area (Å²) in [5.74, 6) is -0.432. The molecule has 0 N–H and O–H groups in total. The van der Waals surface area contributed by atoms with Gasteiger partial charge in [-0.05, 0) is 22.2 Å². The number of esters is 1. The molecule has 2 saturated heterocycles. The van der Waals surface area contributed by atoms with Crippen molar-refractivity contribution in [3.05, 3.63) is 17.8 Å². The molecule has 2 aromatic heterocycles. The fourth-order valence-electron chi connectivity index (χ4n) is 5.67. The van der Waals surface area contributed by atoms with Crippen molar-refractivity contribution in [2.75, 3.05) is 6.61 Å². The summed E-state index contributed by atoms with van der Waals surface area (Å²) < 4.78 is 35.5. The predicted octanol–water partition coefficient (Wildman–Crippen LogP) is 5.27. The fraction of sp³-hybridized carbons (Fsp3) is 0.750. The van der Waals surface area contributed by atoms with E-state index in [1.807, 2.05) is 0 Å². The first-order valence-corrected chi connectivity index (χ1v) is 17.3. The van der Waals surface area contributed by atoms with Crippen LogP contribution in [0.25, 0.3) is 11.2 Å². The molecular formula is C24H39ClN4O6Si2. The van der Waals surface area contributed by atoms with Crippen LogP contribution in [-0.4, -0.2) is 67.5 Å². The van der Waals surface area contributed by atoms with Gasteiger partial charge in [0.1, 0.15) is 24.1 Å². The van der Waals surface area contributed by atoms with Crippen LogP contribution in [0.2, 0.25) is 27.3 Å². The van der Waals surface area contributed by atoms with Crippen molar-refractivity contribution in [2.24, 2.45) is 0 Å². The zero-order valence-electron chi connectivity index (χ0n) is 23.1. The summed E-state index contributed by atoms with van der Waals surface area (Å²) in [6, 6.07) is 0. The first-order chi connectivity index (χ1) is 17.3. The van der Waals surface area contributed by atoms with Gasteiger partial charge in [0.2, 0.25) is 0 Å². The van der Waals surface area contributed by atoms with Gasteiger partial charge < -0.3 is 22.4 Å². The molecule has 13 heteroatoms.